The Morgan fingerprint density at radius 2 is 1.78 bits per heavy atom. The second kappa shape index (κ2) is 9.08. The Balaban J connectivity index is 2.29. The molecule has 0 unspecified atom stereocenters. The number of hydrogen-bond acceptors (Lipinski definition) is 4. The number of unbranched alkanes of at least 4 members (excludes halogenated alkanes) is 2. The molecule has 1 atom stereocenters. The molecule has 1 aliphatic rings. The van der Waals surface area contributed by atoms with Gasteiger partial charge in [-0.05, 0) is 12.5 Å². The molecule has 1 heterocycles. The average molecular weight is 324 g/mol. The molecule has 4 nitrogen and oxygen atoms in total. The topological polar surface area (TPSA) is 33.7 Å². The molecule has 1 aromatic rings. The number of nitrogens with one attached hydrogen (secondary N) is 1. The lowest BCUT2D eigenvalue weighted by molar-refractivity contribution is 0.159. The molecule has 0 aliphatic carbocycles. The second-order valence-electron chi connectivity index (χ2n) is 6.03. The van der Waals surface area contributed by atoms with Crippen LogP contribution in [0, 0.1) is 5.82 Å². The minimum Gasteiger partial charge on any atom is -0.493 e. The zero-order chi connectivity index (χ0) is 16.7. The Morgan fingerprint density at radius 1 is 1.13 bits per heavy atom. The number of ether oxygens (including phenoxy) is 2. The highest BCUT2D eigenvalue weighted by molar-refractivity contribution is 5.44. The number of methoxy groups -OCH3 is 2. The zero-order valence-electron chi connectivity index (χ0n) is 14.5. The largest absolute Gasteiger partial charge is 0.493 e. The van der Waals surface area contributed by atoms with Crippen molar-refractivity contribution in [2.75, 3.05) is 40.4 Å². The Bertz CT molecular complexity index is 490. The van der Waals surface area contributed by atoms with Gasteiger partial charge in [0, 0.05) is 43.9 Å². The summed E-state index contributed by atoms with van der Waals surface area (Å²) in [6, 6.07) is 3.36. The number of halogens is 1. The van der Waals surface area contributed by atoms with Crippen molar-refractivity contribution in [2.24, 2.45) is 0 Å². The summed E-state index contributed by atoms with van der Waals surface area (Å²) in [5, 5.41) is 3.36. The number of nitrogens with zero attached hydrogens (tertiary/aromatic N) is 1. The molecule has 1 fully saturated rings. The van der Waals surface area contributed by atoms with Crippen LogP contribution in [0.1, 0.15) is 44.2 Å². The highest BCUT2D eigenvalue weighted by atomic mass is 19.1. The van der Waals surface area contributed by atoms with E-state index in [4.69, 9.17) is 9.47 Å². The van der Waals surface area contributed by atoms with Gasteiger partial charge in [-0.15, -0.1) is 0 Å². The summed E-state index contributed by atoms with van der Waals surface area (Å²) in [6.07, 6.45) is 4.43. The van der Waals surface area contributed by atoms with Crippen molar-refractivity contribution in [2.45, 2.75) is 38.6 Å². The molecular weight excluding hydrogens is 295 g/mol. The fraction of sp³-hybridized carbons (Fsp3) is 0.667. The van der Waals surface area contributed by atoms with Gasteiger partial charge in [0.2, 0.25) is 0 Å². The monoisotopic (exact) mass is 324 g/mol. The highest BCUT2D eigenvalue weighted by Crippen LogP contribution is 2.36. The fourth-order valence-electron chi connectivity index (χ4n) is 3.24. The summed E-state index contributed by atoms with van der Waals surface area (Å²) in [6.45, 7) is 6.00. The molecule has 2 rings (SSSR count). The fourth-order valence-corrected chi connectivity index (χ4v) is 3.24. The molecule has 0 saturated carbocycles. The van der Waals surface area contributed by atoms with Crippen LogP contribution in [-0.2, 0) is 0 Å². The molecule has 1 saturated heterocycles. The summed E-state index contributed by atoms with van der Waals surface area (Å²) >= 11 is 0. The van der Waals surface area contributed by atoms with Crippen molar-refractivity contribution in [3.8, 4) is 11.5 Å². The van der Waals surface area contributed by atoms with Gasteiger partial charge in [-0.2, -0.15) is 0 Å². The van der Waals surface area contributed by atoms with Gasteiger partial charge in [-0.1, -0.05) is 26.2 Å². The van der Waals surface area contributed by atoms with Gasteiger partial charge >= 0.3 is 0 Å². The van der Waals surface area contributed by atoms with E-state index >= 15 is 0 Å². The Hall–Kier alpha value is -1.33. The Labute approximate surface area is 139 Å². The first kappa shape index (κ1) is 18.0. The smallest absolute Gasteiger partial charge is 0.163 e. The number of piperazine rings is 1. The molecule has 0 radical (unpaired) electrons. The normalized spacial score (nSPS) is 17.0. The number of hydrogen-bond donors (Lipinski definition) is 1. The van der Waals surface area contributed by atoms with E-state index in [-0.39, 0.29) is 11.9 Å². The average Bonchev–Trinajstić information content (AvgIpc) is 2.60. The van der Waals surface area contributed by atoms with Crippen molar-refractivity contribution in [3.63, 3.8) is 0 Å². The maximum absolute atomic E-state index is 14.7. The van der Waals surface area contributed by atoms with Crippen LogP contribution in [0.5, 0.6) is 11.5 Å². The minimum absolute atomic E-state index is 0.100. The highest BCUT2D eigenvalue weighted by Gasteiger charge is 2.26. The molecule has 1 N–H and O–H groups in total. The first-order valence-electron chi connectivity index (χ1n) is 8.57. The van der Waals surface area contributed by atoms with E-state index < -0.39 is 0 Å². The van der Waals surface area contributed by atoms with E-state index in [9.17, 15) is 4.39 Å². The minimum atomic E-state index is -0.206. The van der Waals surface area contributed by atoms with Crippen LogP contribution in [0.4, 0.5) is 4.39 Å². The van der Waals surface area contributed by atoms with Crippen molar-refractivity contribution in [1.29, 1.82) is 0 Å². The molecule has 0 bridgehead atoms. The van der Waals surface area contributed by atoms with Crippen molar-refractivity contribution < 1.29 is 13.9 Å². The lowest BCUT2D eigenvalue weighted by atomic mass is 9.97. The molecule has 23 heavy (non-hydrogen) atoms. The van der Waals surface area contributed by atoms with Gasteiger partial charge in [0.05, 0.1) is 14.2 Å². The molecule has 0 aromatic heterocycles. The molecule has 1 aliphatic heterocycles. The summed E-state index contributed by atoms with van der Waals surface area (Å²) in [5.41, 5.74) is 0.723. The van der Waals surface area contributed by atoms with Crippen LogP contribution in [0.3, 0.4) is 0 Å². The summed E-state index contributed by atoms with van der Waals surface area (Å²) in [7, 11) is 3.13. The lowest BCUT2D eigenvalue weighted by Gasteiger charge is -2.35. The van der Waals surface area contributed by atoms with Gasteiger partial charge in [0.1, 0.15) is 5.82 Å². The molecule has 0 amide bonds. The second-order valence-corrected chi connectivity index (χ2v) is 6.03. The maximum atomic E-state index is 14.7. The Morgan fingerprint density at radius 3 is 2.39 bits per heavy atom. The summed E-state index contributed by atoms with van der Waals surface area (Å²) in [5.74, 6) is 0.837. The van der Waals surface area contributed by atoms with Crippen LogP contribution in [-0.4, -0.2) is 45.3 Å². The van der Waals surface area contributed by atoms with Gasteiger partial charge in [0.15, 0.2) is 11.5 Å². The summed E-state index contributed by atoms with van der Waals surface area (Å²) < 4.78 is 25.3. The van der Waals surface area contributed by atoms with Crippen molar-refractivity contribution >= 4 is 0 Å². The maximum Gasteiger partial charge on any atom is 0.163 e. The predicted octanol–water partition coefficient (Wildman–Crippen LogP) is 3.37. The predicted molar refractivity (Wildman–Crippen MR) is 90.8 cm³/mol. The van der Waals surface area contributed by atoms with E-state index in [0.717, 1.165) is 44.6 Å². The first-order valence-corrected chi connectivity index (χ1v) is 8.57. The van der Waals surface area contributed by atoms with E-state index in [1.807, 2.05) is 6.07 Å². The van der Waals surface area contributed by atoms with Crippen molar-refractivity contribution in [3.05, 3.63) is 23.5 Å². The number of rotatable bonds is 8. The quantitative estimate of drug-likeness (QED) is 0.744. The van der Waals surface area contributed by atoms with Gasteiger partial charge in [-0.25, -0.2) is 4.39 Å². The van der Waals surface area contributed by atoms with Crippen LogP contribution >= 0.6 is 0 Å². The van der Waals surface area contributed by atoms with E-state index in [1.54, 1.807) is 7.11 Å². The molecule has 130 valence electrons. The van der Waals surface area contributed by atoms with Crippen LogP contribution in [0.25, 0.3) is 0 Å². The third-order valence-electron chi connectivity index (χ3n) is 4.54. The SMILES string of the molecule is CCCCC[C@H](c1cc(OC)c(OC)cc1F)N1CCNCC1. The van der Waals surface area contributed by atoms with E-state index in [1.165, 1.54) is 26.0 Å². The first-order chi connectivity index (χ1) is 11.2. The molecule has 1 aromatic carbocycles. The standard InChI is InChI=1S/C18H29FN2O2/c1-4-5-6-7-16(21-10-8-20-9-11-21)14-12-17(22-2)18(23-3)13-15(14)19/h12-13,16,20H,4-11H2,1-3H3/t16-/m1/s1. The van der Waals surface area contributed by atoms with Crippen molar-refractivity contribution in [1.82, 2.24) is 10.2 Å². The van der Waals surface area contributed by atoms with Gasteiger partial charge in [-0.3, -0.25) is 4.90 Å². The molecule has 0 spiro atoms. The Kier molecular flexibility index (Phi) is 7.12. The summed E-state index contributed by atoms with van der Waals surface area (Å²) in [4.78, 5) is 2.39. The van der Waals surface area contributed by atoms with Gasteiger partial charge in [0.25, 0.3) is 0 Å². The van der Waals surface area contributed by atoms with E-state index in [0.29, 0.717) is 11.5 Å². The zero-order valence-corrected chi connectivity index (χ0v) is 14.5. The third-order valence-corrected chi connectivity index (χ3v) is 4.54. The van der Waals surface area contributed by atoms with Crippen LogP contribution in [0.15, 0.2) is 12.1 Å². The van der Waals surface area contributed by atoms with Gasteiger partial charge < -0.3 is 14.8 Å². The van der Waals surface area contributed by atoms with E-state index in [2.05, 4.69) is 17.1 Å². The molecule has 5 heteroatoms. The van der Waals surface area contributed by atoms with Crippen LogP contribution < -0.4 is 14.8 Å². The third kappa shape index (κ3) is 4.58. The lowest BCUT2D eigenvalue weighted by Crippen LogP contribution is -2.45. The number of benzene rings is 1. The molecular formula is C18H29FN2O2. The van der Waals surface area contributed by atoms with Crippen LogP contribution in [0.2, 0.25) is 0 Å².